The number of aryl methyl sites for hydroxylation is 1. The fourth-order valence-electron chi connectivity index (χ4n) is 1.27. The summed E-state index contributed by atoms with van der Waals surface area (Å²) >= 11 is 0. The molecule has 0 saturated heterocycles. The van der Waals surface area contributed by atoms with E-state index in [4.69, 9.17) is 4.74 Å². The summed E-state index contributed by atoms with van der Waals surface area (Å²) in [5, 5.41) is 4.09. The lowest BCUT2D eigenvalue weighted by molar-refractivity contribution is -0.452. The van der Waals surface area contributed by atoms with Gasteiger partial charge in [0.1, 0.15) is 6.10 Å². The molecule has 6 heteroatoms. The van der Waals surface area contributed by atoms with E-state index >= 15 is 0 Å². The summed E-state index contributed by atoms with van der Waals surface area (Å²) in [5.41, 5.74) is 1.39. The third-order valence-electron chi connectivity index (χ3n) is 2.68. The molecule has 0 aliphatic carbocycles. The first-order chi connectivity index (χ1) is 9.56. The molecule has 20 heavy (non-hydrogen) atoms. The van der Waals surface area contributed by atoms with E-state index < -0.39 is 12.1 Å². The minimum Gasteiger partial charge on any atom is -0.429 e. The summed E-state index contributed by atoms with van der Waals surface area (Å²) < 4.78 is 4.74. The topological polar surface area (TPSA) is 71.1 Å². The lowest BCUT2D eigenvalue weighted by Gasteiger charge is -2.08. The standard InChI is InChI=1S/C14H18O6/c1-4-10(3)17-14(16)19-20-18-13(15)12-8-6-11(5-2)7-9-12/h6-10H,4-5H2,1-3H3. The molecule has 1 atom stereocenters. The average Bonchev–Trinajstić information content (AvgIpc) is 2.47. The number of carbonyl (C=O) groups is 2. The van der Waals surface area contributed by atoms with Crippen molar-refractivity contribution >= 4 is 12.1 Å². The maximum atomic E-state index is 11.5. The van der Waals surface area contributed by atoms with E-state index in [2.05, 4.69) is 14.8 Å². The van der Waals surface area contributed by atoms with Crippen molar-refractivity contribution in [3.05, 3.63) is 35.4 Å². The zero-order valence-electron chi connectivity index (χ0n) is 11.8. The molecule has 0 spiro atoms. The largest absolute Gasteiger partial charge is 0.543 e. The Morgan fingerprint density at radius 2 is 1.75 bits per heavy atom. The molecular formula is C14H18O6. The molecule has 0 amide bonds. The number of rotatable bonds is 6. The molecule has 0 aliphatic heterocycles. The van der Waals surface area contributed by atoms with Gasteiger partial charge in [0.15, 0.2) is 0 Å². The van der Waals surface area contributed by atoms with Crippen molar-refractivity contribution in [1.29, 1.82) is 0 Å². The third kappa shape index (κ3) is 5.27. The van der Waals surface area contributed by atoms with Crippen LogP contribution in [0.5, 0.6) is 0 Å². The van der Waals surface area contributed by atoms with Gasteiger partial charge in [-0.2, -0.15) is 0 Å². The van der Waals surface area contributed by atoms with Gasteiger partial charge in [-0.15, -0.1) is 0 Å². The van der Waals surface area contributed by atoms with Crippen molar-refractivity contribution in [3.63, 3.8) is 0 Å². The highest BCUT2D eigenvalue weighted by Crippen LogP contribution is 2.07. The van der Waals surface area contributed by atoms with Gasteiger partial charge in [-0.25, -0.2) is 14.5 Å². The second-order valence-electron chi connectivity index (χ2n) is 4.16. The van der Waals surface area contributed by atoms with Gasteiger partial charge in [0, 0.05) is 0 Å². The molecule has 0 saturated carbocycles. The van der Waals surface area contributed by atoms with E-state index in [-0.39, 0.29) is 6.10 Å². The van der Waals surface area contributed by atoms with Crippen LogP contribution in [0.3, 0.4) is 0 Å². The minimum atomic E-state index is -1.06. The van der Waals surface area contributed by atoms with Crippen LogP contribution in [0.15, 0.2) is 24.3 Å². The fourth-order valence-corrected chi connectivity index (χ4v) is 1.27. The predicted molar refractivity (Wildman–Crippen MR) is 69.6 cm³/mol. The Kier molecular flexibility index (Phi) is 6.52. The molecule has 1 aromatic rings. The maximum absolute atomic E-state index is 11.5. The molecule has 110 valence electrons. The molecule has 0 fully saturated rings. The van der Waals surface area contributed by atoms with Crippen molar-refractivity contribution in [3.8, 4) is 0 Å². The lowest BCUT2D eigenvalue weighted by atomic mass is 10.1. The highest BCUT2D eigenvalue weighted by atomic mass is 17.5. The molecule has 0 heterocycles. The molecule has 1 rings (SSSR count). The van der Waals surface area contributed by atoms with Crippen molar-refractivity contribution in [2.75, 3.05) is 0 Å². The minimum absolute atomic E-state index is 0.293. The third-order valence-corrected chi connectivity index (χ3v) is 2.68. The molecule has 6 nitrogen and oxygen atoms in total. The van der Waals surface area contributed by atoms with E-state index in [1.54, 1.807) is 31.2 Å². The van der Waals surface area contributed by atoms with Crippen LogP contribution in [0, 0.1) is 0 Å². The van der Waals surface area contributed by atoms with Gasteiger partial charge < -0.3 is 4.74 Å². The van der Waals surface area contributed by atoms with Crippen LogP contribution in [0.2, 0.25) is 0 Å². The van der Waals surface area contributed by atoms with Gasteiger partial charge in [-0.3, -0.25) is 4.89 Å². The van der Waals surface area contributed by atoms with Gasteiger partial charge in [0.25, 0.3) is 0 Å². The molecule has 0 N–H and O–H groups in total. The number of hydrogen-bond donors (Lipinski definition) is 0. The Morgan fingerprint density at radius 1 is 1.10 bits per heavy atom. The molecule has 1 aromatic carbocycles. The molecule has 0 bridgehead atoms. The molecule has 0 radical (unpaired) electrons. The number of benzene rings is 1. The first-order valence-electron chi connectivity index (χ1n) is 6.41. The first kappa shape index (κ1) is 16.0. The Balaban J connectivity index is 2.34. The van der Waals surface area contributed by atoms with Crippen LogP contribution in [0.25, 0.3) is 0 Å². The number of ether oxygens (including phenoxy) is 1. The zero-order valence-corrected chi connectivity index (χ0v) is 11.8. The predicted octanol–water partition coefficient (Wildman–Crippen LogP) is 3.20. The van der Waals surface area contributed by atoms with Crippen molar-refractivity contribution in [2.45, 2.75) is 39.7 Å². The molecular weight excluding hydrogens is 264 g/mol. The monoisotopic (exact) mass is 282 g/mol. The summed E-state index contributed by atoms with van der Waals surface area (Å²) in [5.74, 6) is -0.760. The number of hydrogen-bond acceptors (Lipinski definition) is 6. The van der Waals surface area contributed by atoms with Crippen molar-refractivity contribution < 1.29 is 29.1 Å². The average molecular weight is 282 g/mol. The van der Waals surface area contributed by atoms with Crippen LogP contribution in [0.1, 0.15) is 43.1 Å². The normalized spacial score (nSPS) is 11.6. The maximum Gasteiger partial charge on any atom is 0.543 e. The SMILES string of the molecule is CCc1ccc(C(=O)OOOC(=O)OC(C)CC)cc1. The quantitative estimate of drug-likeness (QED) is 0.453. The lowest BCUT2D eigenvalue weighted by Crippen LogP contribution is -2.16. The second kappa shape index (κ2) is 8.16. The Labute approximate surface area is 117 Å². The molecule has 0 aliphatic rings. The Hall–Kier alpha value is -2.08. The highest BCUT2D eigenvalue weighted by molar-refractivity contribution is 5.88. The van der Waals surface area contributed by atoms with Crippen LogP contribution in [0.4, 0.5) is 4.79 Å². The summed E-state index contributed by atoms with van der Waals surface area (Å²) in [4.78, 5) is 31.1. The smallest absolute Gasteiger partial charge is 0.429 e. The Morgan fingerprint density at radius 3 is 2.30 bits per heavy atom. The van der Waals surface area contributed by atoms with Gasteiger partial charge >= 0.3 is 12.1 Å². The zero-order chi connectivity index (χ0) is 15.0. The second-order valence-corrected chi connectivity index (χ2v) is 4.16. The fraction of sp³-hybridized carbons (Fsp3) is 0.429. The van der Waals surface area contributed by atoms with Gasteiger partial charge in [0.05, 0.1) is 10.6 Å². The van der Waals surface area contributed by atoms with Crippen LogP contribution in [-0.2, 0) is 26.0 Å². The summed E-state index contributed by atoms with van der Waals surface area (Å²) in [6.07, 6.45) is 0.145. The van der Waals surface area contributed by atoms with Gasteiger partial charge in [-0.05, 0) is 37.5 Å². The Bertz CT molecular complexity index is 439. The van der Waals surface area contributed by atoms with E-state index in [0.29, 0.717) is 12.0 Å². The van der Waals surface area contributed by atoms with Gasteiger partial charge in [-0.1, -0.05) is 26.0 Å². The molecule has 1 unspecified atom stereocenters. The van der Waals surface area contributed by atoms with Crippen molar-refractivity contribution in [1.82, 2.24) is 0 Å². The van der Waals surface area contributed by atoms with Crippen LogP contribution < -0.4 is 0 Å². The highest BCUT2D eigenvalue weighted by Gasteiger charge is 2.13. The van der Waals surface area contributed by atoms with E-state index in [0.717, 1.165) is 12.0 Å². The van der Waals surface area contributed by atoms with E-state index in [9.17, 15) is 9.59 Å². The van der Waals surface area contributed by atoms with Crippen LogP contribution >= 0.6 is 0 Å². The summed E-state index contributed by atoms with van der Waals surface area (Å²) in [6.45, 7) is 5.55. The molecule has 0 aromatic heterocycles. The summed E-state index contributed by atoms with van der Waals surface area (Å²) in [6, 6.07) is 6.80. The summed E-state index contributed by atoms with van der Waals surface area (Å²) in [7, 11) is 0. The van der Waals surface area contributed by atoms with E-state index in [1.807, 2.05) is 13.8 Å². The van der Waals surface area contributed by atoms with Crippen LogP contribution in [-0.4, -0.2) is 18.2 Å². The first-order valence-corrected chi connectivity index (χ1v) is 6.41. The number of carbonyl (C=O) groups excluding carboxylic acids is 2. The van der Waals surface area contributed by atoms with Crippen molar-refractivity contribution in [2.24, 2.45) is 0 Å². The van der Waals surface area contributed by atoms with Gasteiger partial charge in [0.2, 0.25) is 0 Å². The van der Waals surface area contributed by atoms with E-state index in [1.165, 1.54) is 0 Å².